The first-order valence-electron chi connectivity index (χ1n) is 7.75. The summed E-state index contributed by atoms with van der Waals surface area (Å²) >= 11 is 0. The number of hydrogen-bond acceptors (Lipinski definition) is 3. The van der Waals surface area contributed by atoms with Crippen LogP contribution in [0.3, 0.4) is 0 Å². The fourth-order valence-electron chi connectivity index (χ4n) is 2.54. The molecule has 0 fully saturated rings. The van der Waals surface area contributed by atoms with Crippen molar-refractivity contribution in [1.82, 2.24) is 5.32 Å². The molecule has 1 atom stereocenters. The summed E-state index contributed by atoms with van der Waals surface area (Å²) in [6, 6.07) is 9.50. The van der Waals surface area contributed by atoms with Gasteiger partial charge in [-0.1, -0.05) is 24.3 Å². The van der Waals surface area contributed by atoms with Crippen molar-refractivity contribution >= 4 is 11.9 Å². The minimum atomic E-state index is -0.878. The lowest BCUT2D eigenvalue weighted by Crippen LogP contribution is -2.43. The minimum absolute atomic E-state index is 0.189. The number of hydrogen-bond donors (Lipinski definition) is 1. The summed E-state index contributed by atoms with van der Waals surface area (Å²) in [6.07, 6.45) is 0.0263. The van der Waals surface area contributed by atoms with Gasteiger partial charge in [0.1, 0.15) is 17.7 Å². The third-order valence-electron chi connectivity index (χ3n) is 3.79. The van der Waals surface area contributed by atoms with Crippen LogP contribution in [-0.4, -0.2) is 25.0 Å². The Hall–Kier alpha value is -2.76. The highest BCUT2D eigenvalue weighted by atomic mass is 19.1. The van der Waals surface area contributed by atoms with E-state index in [1.54, 1.807) is 0 Å². The Morgan fingerprint density at radius 1 is 1.12 bits per heavy atom. The molecule has 2 aromatic rings. The van der Waals surface area contributed by atoms with Crippen LogP contribution in [0, 0.1) is 18.6 Å². The van der Waals surface area contributed by atoms with Gasteiger partial charge in [0.15, 0.2) is 0 Å². The number of halogens is 2. The molecule has 1 amide bonds. The highest BCUT2D eigenvalue weighted by Crippen LogP contribution is 2.12. The van der Waals surface area contributed by atoms with Crippen LogP contribution in [0.4, 0.5) is 8.78 Å². The van der Waals surface area contributed by atoms with E-state index in [4.69, 9.17) is 4.74 Å². The lowest BCUT2D eigenvalue weighted by Gasteiger charge is -2.18. The number of benzene rings is 2. The van der Waals surface area contributed by atoms with Crippen molar-refractivity contribution in [3.8, 4) is 0 Å². The average molecular weight is 347 g/mol. The number of aryl methyl sites for hydroxylation is 1. The third kappa shape index (κ3) is 5.38. The van der Waals surface area contributed by atoms with Gasteiger partial charge in [-0.3, -0.25) is 4.79 Å². The first-order valence-corrected chi connectivity index (χ1v) is 7.75. The summed E-state index contributed by atoms with van der Waals surface area (Å²) in [5, 5.41) is 2.57. The summed E-state index contributed by atoms with van der Waals surface area (Å²) in [5.41, 5.74) is 2.07. The average Bonchev–Trinajstić information content (AvgIpc) is 2.54. The molecular weight excluding hydrogens is 328 g/mol. The number of rotatable bonds is 6. The number of nitrogens with one attached hydrogen (secondary N) is 1. The zero-order chi connectivity index (χ0) is 18.4. The summed E-state index contributed by atoms with van der Waals surface area (Å²) < 4.78 is 31.2. The second-order valence-electron chi connectivity index (χ2n) is 5.73. The fourth-order valence-corrected chi connectivity index (χ4v) is 2.54. The molecule has 2 aromatic carbocycles. The van der Waals surface area contributed by atoms with Crippen molar-refractivity contribution in [2.24, 2.45) is 0 Å². The van der Waals surface area contributed by atoms with Crippen molar-refractivity contribution in [2.45, 2.75) is 25.8 Å². The van der Waals surface area contributed by atoms with E-state index in [1.807, 2.05) is 31.2 Å². The van der Waals surface area contributed by atoms with Gasteiger partial charge >= 0.3 is 5.97 Å². The molecule has 0 aromatic heterocycles. The van der Waals surface area contributed by atoms with Gasteiger partial charge in [-0.05, 0) is 35.7 Å². The van der Waals surface area contributed by atoms with Gasteiger partial charge in [0, 0.05) is 12.5 Å². The molecule has 0 spiro atoms. The molecule has 0 aliphatic heterocycles. The normalized spacial score (nSPS) is 11.7. The van der Waals surface area contributed by atoms with Crippen LogP contribution in [-0.2, 0) is 27.2 Å². The molecule has 2 rings (SSSR count). The van der Waals surface area contributed by atoms with Crippen LogP contribution in [0.2, 0.25) is 0 Å². The van der Waals surface area contributed by atoms with Gasteiger partial charge in [0.2, 0.25) is 5.91 Å². The van der Waals surface area contributed by atoms with E-state index in [1.165, 1.54) is 7.11 Å². The van der Waals surface area contributed by atoms with E-state index in [-0.39, 0.29) is 18.4 Å². The van der Waals surface area contributed by atoms with E-state index in [0.29, 0.717) is 0 Å². The van der Waals surface area contributed by atoms with Crippen molar-refractivity contribution < 1.29 is 23.1 Å². The lowest BCUT2D eigenvalue weighted by atomic mass is 10.0. The number of methoxy groups -OCH3 is 1. The van der Waals surface area contributed by atoms with Crippen molar-refractivity contribution in [3.63, 3.8) is 0 Å². The van der Waals surface area contributed by atoms with Gasteiger partial charge in [0.05, 0.1) is 13.5 Å². The predicted octanol–water partition coefficient (Wildman–Crippen LogP) is 2.72. The molecule has 0 saturated carbocycles. The molecule has 132 valence electrons. The quantitative estimate of drug-likeness (QED) is 0.818. The number of carbonyl (C=O) groups is 2. The van der Waals surface area contributed by atoms with E-state index >= 15 is 0 Å². The topological polar surface area (TPSA) is 55.4 Å². The first kappa shape index (κ1) is 18.6. The Bertz CT molecular complexity index is 757. The second-order valence-corrected chi connectivity index (χ2v) is 5.73. The Morgan fingerprint density at radius 2 is 1.76 bits per heavy atom. The van der Waals surface area contributed by atoms with Crippen LogP contribution in [0.25, 0.3) is 0 Å². The van der Waals surface area contributed by atoms with Crippen molar-refractivity contribution in [3.05, 3.63) is 70.8 Å². The standard InChI is InChI=1S/C19H19F2NO3/c1-12-5-3-4-6-14(12)10-17(19(24)25-2)22-18(23)9-13-7-15(20)11-16(21)8-13/h3-8,11,17H,9-10H2,1-2H3,(H,22,23)/t17-/m1/s1. The van der Waals surface area contributed by atoms with Gasteiger partial charge in [-0.25, -0.2) is 13.6 Å². The molecule has 6 heteroatoms. The Labute approximate surface area is 144 Å². The molecule has 0 aliphatic carbocycles. The summed E-state index contributed by atoms with van der Waals surface area (Å²) in [6.45, 7) is 1.90. The van der Waals surface area contributed by atoms with Crippen LogP contribution in [0.5, 0.6) is 0 Å². The Balaban J connectivity index is 2.09. The van der Waals surface area contributed by atoms with Gasteiger partial charge in [0.25, 0.3) is 0 Å². The first-order chi connectivity index (χ1) is 11.9. The van der Waals surface area contributed by atoms with Gasteiger partial charge in [-0.15, -0.1) is 0 Å². The Kier molecular flexibility index (Phi) is 6.22. The lowest BCUT2D eigenvalue weighted by molar-refractivity contribution is -0.145. The maximum Gasteiger partial charge on any atom is 0.328 e. The maximum atomic E-state index is 13.2. The molecule has 4 nitrogen and oxygen atoms in total. The van der Waals surface area contributed by atoms with Gasteiger partial charge < -0.3 is 10.1 Å². The molecule has 0 bridgehead atoms. The number of ether oxygens (including phenoxy) is 1. The highest BCUT2D eigenvalue weighted by Gasteiger charge is 2.22. The summed E-state index contributed by atoms with van der Waals surface area (Å²) in [5.74, 6) is -2.62. The number of esters is 1. The molecule has 0 unspecified atom stereocenters. The molecule has 0 aliphatic rings. The summed E-state index contributed by atoms with van der Waals surface area (Å²) in [7, 11) is 1.24. The van der Waals surface area contributed by atoms with E-state index in [9.17, 15) is 18.4 Å². The van der Waals surface area contributed by atoms with Crippen molar-refractivity contribution in [1.29, 1.82) is 0 Å². The molecule has 0 saturated heterocycles. The fraction of sp³-hybridized carbons (Fsp3) is 0.263. The highest BCUT2D eigenvalue weighted by molar-refractivity contribution is 5.85. The molecular formula is C19H19F2NO3. The van der Waals surface area contributed by atoms with Gasteiger partial charge in [-0.2, -0.15) is 0 Å². The summed E-state index contributed by atoms with van der Waals surface area (Å²) in [4.78, 5) is 24.1. The number of carbonyl (C=O) groups excluding carboxylic acids is 2. The predicted molar refractivity (Wildman–Crippen MR) is 88.9 cm³/mol. The second kappa shape index (κ2) is 8.37. The monoisotopic (exact) mass is 347 g/mol. The van der Waals surface area contributed by atoms with Crippen LogP contribution in [0.1, 0.15) is 16.7 Å². The van der Waals surface area contributed by atoms with E-state index in [0.717, 1.165) is 29.3 Å². The molecule has 0 radical (unpaired) electrons. The van der Waals surface area contributed by atoms with E-state index < -0.39 is 29.6 Å². The van der Waals surface area contributed by atoms with Crippen LogP contribution >= 0.6 is 0 Å². The maximum absolute atomic E-state index is 13.2. The Morgan fingerprint density at radius 3 is 2.36 bits per heavy atom. The minimum Gasteiger partial charge on any atom is -0.467 e. The van der Waals surface area contributed by atoms with E-state index in [2.05, 4.69) is 5.32 Å². The SMILES string of the molecule is COC(=O)[C@@H](Cc1ccccc1C)NC(=O)Cc1cc(F)cc(F)c1. The molecule has 1 N–H and O–H groups in total. The largest absolute Gasteiger partial charge is 0.467 e. The smallest absolute Gasteiger partial charge is 0.328 e. The zero-order valence-corrected chi connectivity index (χ0v) is 14.0. The van der Waals surface area contributed by atoms with Crippen LogP contribution < -0.4 is 5.32 Å². The molecule has 25 heavy (non-hydrogen) atoms. The number of amides is 1. The third-order valence-corrected chi connectivity index (χ3v) is 3.79. The van der Waals surface area contributed by atoms with Crippen molar-refractivity contribution in [2.75, 3.05) is 7.11 Å². The van der Waals surface area contributed by atoms with Crippen LogP contribution in [0.15, 0.2) is 42.5 Å². The molecule has 0 heterocycles. The zero-order valence-electron chi connectivity index (χ0n) is 14.0.